The fraction of sp³-hybridized carbons (Fsp3) is 0.591. The quantitative estimate of drug-likeness (QED) is 0.824. The molecule has 26 heavy (non-hydrogen) atoms. The van der Waals surface area contributed by atoms with Gasteiger partial charge in [0.15, 0.2) is 0 Å². The SMILES string of the molecule is Cc1nn(-c2ccccc2)c(C)c1N1CCN(CC2CCCCC2)CC1. The molecule has 2 aliphatic rings. The van der Waals surface area contributed by atoms with Crippen molar-refractivity contribution in [3.05, 3.63) is 41.7 Å². The van der Waals surface area contributed by atoms with Crippen LogP contribution in [0.1, 0.15) is 43.5 Å². The lowest BCUT2D eigenvalue weighted by atomic mass is 9.89. The molecule has 2 aromatic rings. The van der Waals surface area contributed by atoms with Crippen molar-refractivity contribution in [2.75, 3.05) is 37.6 Å². The minimum Gasteiger partial charge on any atom is -0.366 e. The summed E-state index contributed by atoms with van der Waals surface area (Å²) in [5.74, 6) is 0.944. The standard InChI is InChI=1S/C22H32N4/c1-18-22(19(2)26(23-18)21-11-7-4-8-12-21)25-15-13-24(14-16-25)17-20-9-5-3-6-10-20/h4,7-8,11-12,20H,3,5-6,9-10,13-17H2,1-2H3. The number of aryl methyl sites for hydroxylation is 1. The molecule has 0 spiro atoms. The van der Waals surface area contributed by atoms with Crippen molar-refractivity contribution < 1.29 is 0 Å². The number of benzene rings is 1. The molecule has 1 aliphatic heterocycles. The van der Waals surface area contributed by atoms with Crippen molar-refractivity contribution >= 4 is 5.69 Å². The van der Waals surface area contributed by atoms with E-state index in [2.05, 4.69) is 58.7 Å². The summed E-state index contributed by atoms with van der Waals surface area (Å²) in [6, 6.07) is 10.5. The van der Waals surface area contributed by atoms with Crippen LogP contribution in [0.2, 0.25) is 0 Å². The van der Waals surface area contributed by atoms with Crippen molar-refractivity contribution in [2.24, 2.45) is 5.92 Å². The first kappa shape index (κ1) is 17.6. The first-order valence-corrected chi connectivity index (χ1v) is 10.3. The van der Waals surface area contributed by atoms with Crippen LogP contribution in [0.25, 0.3) is 5.69 Å². The van der Waals surface area contributed by atoms with Crippen molar-refractivity contribution in [2.45, 2.75) is 46.0 Å². The number of nitrogens with zero attached hydrogens (tertiary/aromatic N) is 4. The third-order valence-corrected chi connectivity index (χ3v) is 6.18. The Kier molecular flexibility index (Phi) is 5.30. The van der Waals surface area contributed by atoms with Crippen LogP contribution < -0.4 is 4.90 Å². The number of rotatable bonds is 4. The molecule has 140 valence electrons. The fourth-order valence-electron chi connectivity index (χ4n) is 4.80. The van der Waals surface area contributed by atoms with Gasteiger partial charge in [-0.3, -0.25) is 4.90 Å². The van der Waals surface area contributed by atoms with Crippen LogP contribution in [0, 0.1) is 19.8 Å². The van der Waals surface area contributed by atoms with Gasteiger partial charge in [-0.2, -0.15) is 5.10 Å². The average Bonchev–Trinajstić information content (AvgIpc) is 2.98. The Labute approximate surface area is 157 Å². The van der Waals surface area contributed by atoms with Crippen LogP contribution in [0.4, 0.5) is 5.69 Å². The predicted octanol–water partition coefficient (Wildman–Crippen LogP) is 4.19. The van der Waals surface area contributed by atoms with Crippen LogP contribution in [0.5, 0.6) is 0 Å². The van der Waals surface area contributed by atoms with E-state index < -0.39 is 0 Å². The molecule has 0 bridgehead atoms. The molecule has 0 amide bonds. The summed E-state index contributed by atoms with van der Waals surface area (Å²) >= 11 is 0. The minimum absolute atomic E-state index is 0.944. The highest BCUT2D eigenvalue weighted by Gasteiger charge is 2.25. The molecular weight excluding hydrogens is 320 g/mol. The van der Waals surface area contributed by atoms with Gasteiger partial charge in [0, 0.05) is 32.7 Å². The van der Waals surface area contributed by atoms with E-state index in [1.54, 1.807) is 0 Å². The number of hydrogen-bond acceptors (Lipinski definition) is 3. The molecule has 1 saturated carbocycles. The van der Waals surface area contributed by atoms with E-state index in [-0.39, 0.29) is 0 Å². The Morgan fingerprint density at radius 2 is 1.62 bits per heavy atom. The van der Waals surface area contributed by atoms with E-state index in [1.807, 2.05) is 0 Å². The van der Waals surface area contributed by atoms with Crippen molar-refractivity contribution in [3.63, 3.8) is 0 Å². The third kappa shape index (κ3) is 3.66. The molecule has 4 nitrogen and oxygen atoms in total. The second-order valence-electron chi connectivity index (χ2n) is 8.06. The molecule has 0 radical (unpaired) electrons. The summed E-state index contributed by atoms with van der Waals surface area (Å²) in [4.78, 5) is 5.24. The van der Waals surface area contributed by atoms with Gasteiger partial charge in [0.25, 0.3) is 0 Å². The van der Waals surface area contributed by atoms with Gasteiger partial charge < -0.3 is 4.90 Å². The molecule has 1 aromatic heterocycles. The minimum atomic E-state index is 0.944. The monoisotopic (exact) mass is 352 g/mol. The summed E-state index contributed by atoms with van der Waals surface area (Å²) in [5, 5.41) is 4.83. The Bertz CT molecular complexity index is 707. The molecule has 1 aromatic carbocycles. The zero-order valence-electron chi connectivity index (χ0n) is 16.3. The van der Waals surface area contributed by atoms with E-state index in [1.165, 1.54) is 63.1 Å². The maximum atomic E-state index is 4.83. The normalized spacial score (nSPS) is 19.8. The molecule has 2 heterocycles. The fourth-order valence-corrected chi connectivity index (χ4v) is 4.80. The molecule has 2 fully saturated rings. The van der Waals surface area contributed by atoms with E-state index in [0.717, 1.165) is 30.4 Å². The molecule has 1 saturated heterocycles. The topological polar surface area (TPSA) is 24.3 Å². The smallest absolute Gasteiger partial charge is 0.0834 e. The van der Waals surface area contributed by atoms with Gasteiger partial charge >= 0.3 is 0 Å². The number of para-hydroxylation sites is 1. The lowest BCUT2D eigenvalue weighted by Gasteiger charge is -2.38. The van der Waals surface area contributed by atoms with Gasteiger partial charge in [0.05, 0.1) is 22.8 Å². The first-order valence-electron chi connectivity index (χ1n) is 10.3. The van der Waals surface area contributed by atoms with Gasteiger partial charge in [-0.05, 0) is 44.7 Å². The van der Waals surface area contributed by atoms with Gasteiger partial charge in [0.1, 0.15) is 0 Å². The van der Waals surface area contributed by atoms with E-state index in [0.29, 0.717) is 0 Å². The summed E-state index contributed by atoms with van der Waals surface area (Å²) in [6.07, 6.45) is 7.24. The molecule has 0 unspecified atom stereocenters. The highest BCUT2D eigenvalue weighted by atomic mass is 15.3. The van der Waals surface area contributed by atoms with E-state index in [4.69, 9.17) is 5.10 Å². The van der Waals surface area contributed by atoms with Crippen LogP contribution >= 0.6 is 0 Å². The highest BCUT2D eigenvalue weighted by Crippen LogP contribution is 2.29. The number of aromatic nitrogens is 2. The molecule has 0 atom stereocenters. The summed E-state index contributed by atoms with van der Waals surface area (Å²) in [5.41, 5.74) is 4.89. The average molecular weight is 353 g/mol. The number of piperazine rings is 1. The summed E-state index contributed by atoms with van der Waals surface area (Å²) in [6.45, 7) is 10.3. The Morgan fingerprint density at radius 1 is 0.923 bits per heavy atom. The lowest BCUT2D eigenvalue weighted by Crippen LogP contribution is -2.48. The van der Waals surface area contributed by atoms with Crippen LogP contribution in [-0.2, 0) is 0 Å². The number of hydrogen-bond donors (Lipinski definition) is 0. The molecule has 1 aliphatic carbocycles. The molecular formula is C22H32N4. The Morgan fingerprint density at radius 3 is 2.31 bits per heavy atom. The van der Waals surface area contributed by atoms with Crippen LogP contribution in [0.3, 0.4) is 0 Å². The van der Waals surface area contributed by atoms with Gasteiger partial charge in [0.2, 0.25) is 0 Å². The first-order chi connectivity index (χ1) is 12.7. The van der Waals surface area contributed by atoms with Crippen LogP contribution in [0.15, 0.2) is 30.3 Å². The Balaban J connectivity index is 1.42. The predicted molar refractivity (Wildman–Crippen MR) is 108 cm³/mol. The van der Waals surface area contributed by atoms with Crippen molar-refractivity contribution in [3.8, 4) is 5.69 Å². The second-order valence-corrected chi connectivity index (χ2v) is 8.06. The number of anilines is 1. The van der Waals surface area contributed by atoms with Gasteiger partial charge in [-0.1, -0.05) is 37.5 Å². The third-order valence-electron chi connectivity index (χ3n) is 6.18. The zero-order valence-corrected chi connectivity index (χ0v) is 16.3. The Hall–Kier alpha value is -1.81. The zero-order chi connectivity index (χ0) is 17.9. The van der Waals surface area contributed by atoms with Crippen molar-refractivity contribution in [1.82, 2.24) is 14.7 Å². The highest BCUT2D eigenvalue weighted by molar-refractivity contribution is 5.57. The molecule has 4 heteroatoms. The molecule has 4 rings (SSSR count). The maximum absolute atomic E-state index is 4.83. The van der Waals surface area contributed by atoms with Crippen LogP contribution in [-0.4, -0.2) is 47.4 Å². The van der Waals surface area contributed by atoms with Gasteiger partial charge in [-0.25, -0.2) is 4.68 Å². The summed E-state index contributed by atoms with van der Waals surface area (Å²) in [7, 11) is 0. The van der Waals surface area contributed by atoms with Gasteiger partial charge in [-0.15, -0.1) is 0 Å². The second kappa shape index (κ2) is 7.83. The lowest BCUT2D eigenvalue weighted by molar-refractivity contribution is 0.192. The van der Waals surface area contributed by atoms with E-state index >= 15 is 0 Å². The largest absolute Gasteiger partial charge is 0.366 e. The maximum Gasteiger partial charge on any atom is 0.0834 e. The molecule has 0 N–H and O–H groups in total. The van der Waals surface area contributed by atoms with E-state index in [9.17, 15) is 0 Å². The van der Waals surface area contributed by atoms with Crippen molar-refractivity contribution in [1.29, 1.82) is 0 Å². The summed E-state index contributed by atoms with van der Waals surface area (Å²) < 4.78 is 2.10.